The number of hydrogen-bond donors (Lipinski definition) is 2. The summed E-state index contributed by atoms with van der Waals surface area (Å²) in [5, 5.41) is 5.66. The summed E-state index contributed by atoms with van der Waals surface area (Å²) in [5.41, 5.74) is 0.557. The Morgan fingerprint density at radius 3 is 2.58 bits per heavy atom. The molecule has 142 valence electrons. The third-order valence-electron chi connectivity index (χ3n) is 5.66. The Labute approximate surface area is 153 Å². The second kappa shape index (κ2) is 8.62. The van der Waals surface area contributed by atoms with Crippen molar-refractivity contribution in [3.05, 3.63) is 35.6 Å². The highest BCUT2D eigenvalue weighted by Crippen LogP contribution is 2.34. The van der Waals surface area contributed by atoms with Crippen molar-refractivity contribution in [2.75, 3.05) is 26.3 Å². The quantitative estimate of drug-likeness (QED) is 0.816. The van der Waals surface area contributed by atoms with Crippen molar-refractivity contribution in [3.8, 4) is 0 Å². The van der Waals surface area contributed by atoms with E-state index in [4.69, 9.17) is 4.74 Å². The van der Waals surface area contributed by atoms with E-state index in [2.05, 4.69) is 10.6 Å². The molecule has 0 atom stereocenters. The van der Waals surface area contributed by atoms with Gasteiger partial charge in [-0.25, -0.2) is 4.39 Å². The predicted octanol–water partition coefficient (Wildman–Crippen LogP) is 2.30. The van der Waals surface area contributed by atoms with Crippen molar-refractivity contribution in [1.29, 1.82) is 0 Å². The Balaban J connectivity index is 1.55. The van der Waals surface area contributed by atoms with Gasteiger partial charge in [0.25, 0.3) is 0 Å². The summed E-state index contributed by atoms with van der Waals surface area (Å²) in [6.45, 7) is 1.58. The van der Waals surface area contributed by atoms with Gasteiger partial charge in [-0.15, -0.1) is 0 Å². The highest BCUT2D eigenvalue weighted by Gasteiger charge is 2.35. The molecule has 5 nitrogen and oxygen atoms in total. The Hall–Kier alpha value is -1.95. The maximum absolute atomic E-state index is 13.7. The largest absolute Gasteiger partial charge is 0.381 e. The van der Waals surface area contributed by atoms with E-state index in [9.17, 15) is 14.0 Å². The molecule has 0 aromatic heterocycles. The Morgan fingerprint density at radius 1 is 1.15 bits per heavy atom. The van der Waals surface area contributed by atoms with Crippen molar-refractivity contribution in [1.82, 2.24) is 10.6 Å². The minimum absolute atomic E-state index is 0.00886. The predicted molar refractivity (Wildman–Crippen MR) is 96.1 cm³/mol. The fourth-order valence-electron chi connectivity index (χ4n) is 3.98. The Kier molecular flexibility index (Phi) is 6.25. The molecule has 1 aromatic carbocycles. The molecule has 2 amide bonds. The summed E-state index contributed by atoms with van der Waals surface area (Å²) in [4.78, 5) is 24.2. The highest BCUT2D eigenvalue weighted by atomic mass is 19.1. The Bertz CT molecular complexity index is 638. The molecule has 6 heteroatoms. The average Bonchev–Trinajstić information content (AvgIpc) is 3.20. The molecular weight excluding hydrogens is 335 g/mol. The van der Waals surface area contributed by atoms with Gasteiger partial charge >= 0.3 is 0 Å². The molecule has 3 rings (SSSR count). The molecule has 2 fully saturated rings. The van der Waals surface area contributed by atoms with Crippen LogP contribution >= 0.6 is 0 Å². The van der Waals surface area contributed by atoms with Crippen LogP contribution in [-0.4, -0.2) is 38.1 Å². The summed E-state index contributed by atoms with van der Waals surface area (Å²) in [5.74, 6) is -0.456. The molecule has 0 bridgehead atoms. The van der Waals surface area contributed by atoms with Crippen LogP contribution in [0.15, 0.2) is 24.3 Å². The number of halogens is 1. The summed E-state index contributed by atoms with van der Waals surface area (Å²) < 4.78 is 19.1. The maximum Gasteiger partial charge on any atom is 0.239 e. The number of benzene rings is 1. The van der Waals surface area contributed by atoms with Crippen LogP contribution in [0.4, 0.5) is 4.39 Å². The second-order valence-electron chi connectivity index (χ2n) is 7.38. The first-order valence-corrected chi connectivity index (χ1v) is 9.47. The number of ether oxygens (including phenoxy) is 1. The standard InChI is InChI=1S/C20H27FN2O3/c21-17-7-3-6-16(12-17)20(8-10-26-11-9-20)14-23-18(24)13-22-19(25)15-4-1-2-5-15/h3,6-7,12,15H,1-2,4-5,8-11,13-14H2,(H,22,25)(H,23,24). The number of hydrogen-bond acceptors (Lipinski definition) is 3. The van der Waals surface area contributed by atoms with Gasteiger partial charge in [0.15, 0.2) is 0 Å². The average molecular weight is 362 g/mol. The number of carbonyl (C=O) groups is 2. The van der Waals surface area contributed by atoms with Crippen LogP contribution in [0, 0.1) is 11.7 Å². The van der Waals surface area contributed by atoms with E-state index in [1.54, 1.807) is 12.1 Å². The molecule has 1 aromatic rings. The van der Waals surface area contributed by atoms with Gasteiger partial charge < -0.3 is 15.4 Å². The maximum atomic E-state index is 13.7. The van der Waals surface area contributed by atoms with E-state index in [1.807, 2.05) is 6.07 Å². The van der Waals surface area contributed by atoms with Gasteiger partial charge in [-0.05, 0) is 43.4 Å². The minimum Gasteiger partial charge on any atom is -0.381 e. The third kappa shape index (κ3) is 4.61. The molecular formula is C20H27FN2O3. The fraction of sp³-hybridized carbons (Fsp3) is 0.600. The van der Waals surface area contributed by atoms with Crippen LogP contribution in [0.3, 0.4) is 0 Å². The number of nitrogens with one attached hydrogen (secondary N) is 2. The van der Waals surface area contributed by atoms with Crippen LogP contribution in [0.5, 0.6) is 0 Å². The first kappa shape index (κ1) is 18.8. The molecule has 2 aliphatic rings. The summed E-state index contributed by atoms with van der Waals surface area (Å²) >= 11 is 0. The van der Waals surface area contributed by atoms with Crippen molar-refractivity contribution in [3.63, 3.8) is 0 Å². The zero-order valence-electron chi connectivity index (χ0n) is 15.1. The van der Waals surface area contributed by atoms with E-state index in [1.165, 1.54) is 6.07 Å². The Morgan fingerprint density at radius 2 is 1.88 bits per heavy atom. The lowest BCUT2D eigenvalue weighted by Gasteiger charge is -2.38. The van der Waals surface area contributed by atoms with E-state index in [0.29, 0.717) is 19.8 Å². The van der Waals surface area contributed by atoms with Gasteiger partial charge in [-0.2, -0.15) is 0 Å². The van der Waals surface area contributed by atoms with E-state index in [-0.39, 0.29) is 35.5 Å². The SMILES string of the molecule is O=C(CNC(=O)C1CCCC1)NCC1(c2cccc(F)c2)CCOCC1. The van der Waals surface area contributed by atoms with Gasteiger partial charge in [0.2, 0.25) is 11.8 Å². The molecule has 0 radical (unpaired) electrons. The van der Waals surface area contributed by atoms with Crippen LogP contribution in [-0.2, 0) is 19.7 Å². The van der Waals surface area contributed by atoms with Gasteiger partial charge in [0, 0.05) is 31.1 Å². The van der Waals surface area contributed by atoms with Crippen LogP contribution in [0.2, 0.25) is 0 Å². The molecule has 0 spiro atoms. The molecule has 1 aliphatic heterocycles. The van der Waals surface area contributed by atoms with Crippen molar-refractivity contribution < 1.29 is 18.7 Å². The molecule has 1 aliphatic carbocycles. The molecule has 1 saturated carbocycles. The minimum atomic E-state index is -0.328. The van der Waals surface area contributed by atoms with Crippen molar-refractivity contribution in [2.45, 2.75) is 43.9 Å². The molecule has 2 N–H and O–H groups in total. The molecule has 26 heavy (non-hydrogen) atoms. The summed E-state index contributed by atoms with van der Waals surface area (Å²) in [6.07, 6.45) is 5.45. The number of carbonyl (C=O) groups excluding carboxylic acids is 2. The zero-order chi connectivity index (χ0) is 18.4. The van der Waals surface area contributed by atoms with Crippen LogP contribution < -0.4 is 10.6 Å². The lowest BCUT2D eigenvalue weighted by atomic mass is 9.74. The molecule has 1 heterocycles. The fourth-order valence-corrected chi connectivity index (χ4v) is 3.98. The van der Waals surface area contributed by atoms with Gasteiger partial charge in [-0.3, -0.25) is 9.59 Å². The first-order chi connectivity index (χ1) is 12.6. The van der Waals surface area contributed by atoms with E-state index in [0.717, 1.165) is 44.1 Å². The number of rotatable bonds is 6. The van der Waals surface area contributed by atoms with Crippen molar-refractivity contribution >= 4 is 11.8 Å². The first-order valence-electron chi connectivity index (χ1n) is 9.47. The molecule has 0 unspecified atom stereocenters. The smallest absolute Gasteiger partial charge is 0.239 e. The summed E-state index contributed by atoms with van der Waals surface area (Å²) in [6, 6.07) is 6.57. The van der Waals surface area contributed by atoms with E-state index < -0.39 is 0 Å². The lowest BCUT2D eigenvalue weighted by Crippen LogP contribution is -2.47. The van der Waals surface area contributed by atoms with Gasteiger partial charge in [-0.1, -0.05) is 25.0 Å². The summed E-state index contributed by atoms with van der Waals surface area (Å²) in [7, 11) is 0. The lowest BCUT2D eigenvalue weighted by molar-refractivity contribution is -0.128. The van der Waals surface area contributed by atoms with Crippen molar-refractivity contribution in [2.24, 2.45) is 5.92 Å². The second-order valence-corrected chi connectivity index (χ2v) is 7.38. The third-order valence-corrected chi connectivity index (χ3v) is 5.66. The molecule has 1 saturated heterocycles. The topological polar surface area (TPSA) is 67.4 Å². The zero-order valence-corrected chi connectivity index (χ0v) is 15.1. The van der Waals surface area contributed by atoms with Crippen LogP contribution in [0.25, 0.3) is 0 Å². The normalized spacial score (nSPS) is 19.9. The monoisotopic (exact) mass is 362 g/mol. The van der Waals surface area contributed by atoms with Gasteiger partial charge in [0.05, 0.1) is 6.54 Å². The van der Waals surface area contributed by atoms with Gasteiger partial charge in [0.1, 0.15) is 5.82 Å². The highest BCUT2D eigenvalue weighted by molar-refractivity contribution is 5.85. The van der Waals surface area contributed by atoms with Crippen LogP contribution in [0.1, 0.15) is 44.1 Å². The number of amides is 2. The van der Waals surface area contributed by atoms with E-state index >= 15 is 0 Å².